The van der Waals surface area contributed by atoms with Crippen LogP contribution in [0, 0.1) is 59.8 Å². The van der Waals surface area contributed by atoms with Crippen molar-refractivity contribution in [2.75, 3.05) is 0 Å². The normalized spacial score (nSPS) is 10.2. The number of hydrogen-bond donors (Lipinski definition) is 0. The summed E-state index contributed by atoms with van der Waals surface area (Å²) in [6.45, 7) is 0. The molecule has 3 nitrogen and oxygen atoms in total. The molecule has 0 aliphatic rings. The minimum absolute atomic E-state index is 0.304. The Hall–Kier alpha value is 2.17. The molecule has 0 amide bonds. The first-order valence-electron chi connectivity index (χ1n) is 0.908. The Morgan fingerprint density at radius 1 is 1.33 bits per heavy atom. The Kier molecular flexibility index (Phi) is 7.24. The van der Waals surface area contributed by atoms with Gasteiger partial charge < -0.3 is 0 Å². The van der Waals surface area contributed by atoms with Crippen molar-refractivity contribution in [3.63, 3.8) is 0 Å². The van der Waals surface area contributed by atoms with E-state index in [-0.39, 0.29) is 0 Å². The van der Waals surface area contributed by atoms with Crippen LogP contribution in [0.1, 0.15) is 0 Å². The van der Waals surface area contributed by atoms with Crippen LogP contribution in [0.25, 0.3) is 0 Å². The number of rotatable bonds is 2. The SMILES string of the molecule is O=S([O][U])[O][U]. The maximum atomic E-state index is 9.93. The van der Waals surface area contributed by atoms with Crippen LogP contribution in [0.15, 0.2) is 0 Å². The molecule has 32 valence electrons. The van der Waals surface area contributed by atoms with E-state index in [9.17, 15) is 4.21 Å². The molecule has 0 rings (SSSR count). The van der Waals surface area contributed by atoms with Crippen LogP contribution in [0.2, 0.25) is 0 Å². The van der Waals surface area contributed by atoms with Crippen molar-refractivity contribution in [1.29, 1.82) is 0 Å². The quantitative estimate of drug-likeness (QED) is 0.462. The molecule has 0 unspecified atom stereocenters. The molecule has 0 saturated carbocycles. The van der Waals surface area contributed by atoms with Gasteiger partial charge in [-0.3, -0.25) is 0 Å². The molecule has 0 aliphatic heterocycles. The summed E-state index contributed by atoms with van der Waals surface area (Å²) in [6.07, 6.45) is 0. The van der Waals surface area contributed by atoms with E-state index >= 15 is 0 Å². The molecule has 0 aromatic heterocycles. The summed E-state index contributed by atoms with van der Waals surface area (Å²) in [5.41, 5.74) is 0. The van der Waals surface area contributed by atoms with Gasteiger partial charge in [0, 0.05) is 0 Å². The van der Waals surface area contributed by atoms with Crippen molar-refractivity contribution in [2.45, 2.75) is 0 Å². The van der Waals surface area contributed by atoms with Gasteiger partial charge in [0.15, 0.2) is 0 Å². The Morgan fingerprint density at radius 3 is 1.67 bits per heavy atom. The zero-order valence-electron chi connectivity index (χ0n) is 2.63. The van der Waals surface area contributed by atoms with Gasteiger partial charge in [-0.2, -0.15) is 0 Å². The third kappa shape index (κ3) is 4.34. The predicted octanol–water partition coefficient (Wildman–Crippen LogP) is -0.473. The predicted molar refractivity (Wildman–Crippen MR) is 10.3 cm³/mol. The molecule has 0 saturated heterocycles. The van der Waals surface area contributed by atoms with Crippen LogP contribution in [0.3, 0.4) is 0 Å². The van der Waals surface area contributed by atoms with E-state index in [1.54, 1.807) is 0 Å². The topological polar surface area (TPSA) is 35.5 Å². The summed E-state index contributed by atoms with van der Waals surface area (Å²) in [5.74, 6) is 0. The standard InChI is InChI=1S/H2O3S.2U/c1-4(2)3;;/h(H2,1,2,3);;/q;2*+1/p-2. The zero-order chi connectivity index (χ0) is 4.99. The molecule has 0 aromatic rings. The Labute approximate surface area is 77.4 Å². The number of hydrogen-bond acceptors (Lipinski definition) is 3. The van der Waals surface area contributed by atoms with Gasteiger partial charge in [0.25, 0.3) is 0 Å². The van der Waals surface area contributed by atoms with Crippen molar-refractivity contribution in [3.8, 4) is 0 Å². The van der Waals surface area contributed by atoms with Gasteiger partial charge in [-0.1, -0.05) is 0 Å². The summed E-state index contributed by atoms with van der Waals surface area (Å²) < 4.78 is 18.7. The van der Waals surface area contributed by atoms with Crippen LogP contribution in [-0.2, 0) is 14.7 Å². The van der Waals surface area contributed by atoms with E-state index in [0.717, 1.165) is 0 Å². The van der Waals surface area contributed by atoms with Crippen LogP contribution < -0.4 is 0 Å². The molecule has 6 heteroatoms. The van der Waals surface area contributed by atoms with Gasteiger partial charge in [-0.15, -0.1) is 0 Å². The summed E-state index contributed by atoms with van der Waals surface area (Å²) in [5, 5.41) is 0. The van der Waals surface area contributed by atoms with Crippen molar-refractivity contribution in [2.24, 2.45) is 0 Å². The zero-order valence-corrected chi connectivity index (χ0v) is 11.8. The molecular formula is O3SU2. The van der Waals surface area contributed by atoms with Crippen LogP contribution in [0.4, 0.5) is 0 Å². The first-order valence-corrected chi connectivity index (χ1v) is 5.31. The second-order valence-corrected chi connectivity index (χ2v) is 5.28. The molecule has 0 bridgehead atoms. The summed E-state index contributed by atoms with van der Waals surface area (Å²) in [4.78, 5) is 0. The van der Waals surface area contributed by atoms with Crippen LogP contribution >= 0.6 is 0 Å². The molecule has 6 heavy (non-hydrogen) atoms. The van der Waals surface area contributed by atoms with Gasteiger partial charge in [0.2, 0.25) is 0 Å². The van der Waals surface area contributed by atoms with E-state index in [1.807, 2.05) is 0 Å². The molecule has 0 heterocycles. The molecule has 0 atom stereocenters. The van der Waals surface area contributed by atoms with Gasteiger partial charge in [0.1, 0.15) is 0 Å². The molecule has 0 radical (unpaired) electrons. The summed E-state index contributed by atoms with van der Waals surface area (Å²) >= 11 is -0.776. The first-order chi connectivity index (χ1) is 2.81. The molecule has 0 aromatic carbocycles. The minimum atomic E-state index is -1.38. The van der Waals surface area contributed by atoms with Gasteiger partial charge in [-0.25, -0.2) is 0 Å². The van der Waals surface area contributed by atoms with Crippen molar-refractivity contribution < 1.29 is 67.4 Å². The monoisotopic (exact) mass is 556 g/mol. The van der Waals surface area contributed by atoms with Gasteiger partial charge in [0.05, 0.1) is 0 Å². The molecule has 0 fully saturated rings. The molecular weight excluding hydrogens is 556 g/mol. The van der Waals surface area contributed by atoms with E-state index in [0.29, 0.717) is 59.8 Å². The van der Waals surface area contributed by atoms with Crippen molar-refractivity contribution >= 4 is 11.4 Å². The van der Waals surface area contributed by atoms with E-state index in [4.69, 9.17) is 0 Å². The fourth-order valence-electron chi connectivity index (χ4n) is 0.0170. The van der Waals surface area contributed by atoms with Crippen molar-refractivity contribution in [3.05, 3.63) is 0 Å². The van der Waals surface area contributed by atoms with Crippen LogP contribution in [-0.4, -0.2) is 4.21 Å². The van der Waals surface area contributed by atoms with Gasteiger partial charge >= 0.3 is 78.8 Å². The molecule has 0 N–H and O–H groups in total. The summed E-state index contributed by atoms with van der Waals surface area (Å²) in [6, 6.07) is 0. The second-order valence-electron chi connectivity index (χ2n) is 0.371. The molecule has 0 spiro atoms. The Balaban J connectivity index is 2.99. The van der Waals surface area contributed by atoms with E-state index < -0.39 is 11.4 Å². The van der Waals surface area contributed by atoms with Gasteiger partial charge in [-0.05, 0) is 0 Å². The fraction of sp³-hybridized carbons (Fsp3) is 0. The molecule has 0 aliphatic carbocycles. The average molecular weight is 556 g/mol. The van der Waals surface area contributed by atoms with Crippen molar-refractivity contribution in [1.82, 2.24) is 0 Å². The van der Waals surface area contributed by atoms with E-state index in [1.165, 1.54) is 0 Å². The third-order valence-electron chi connectivity index (χ3n) is 0.136. The Morgan fingerprint density at radius 2 is 1.67 bits per heavy atom. The Bertz CT molecular complexity index is 46.8. The third-order valence-corrected chi connectivity index (χ3v) is 3.81. The fourth-order valence-corrected chi connectivity index (χ4v) is 4.44. The second kappa shape index (κ2) is 5.31. The van der Waals surface area contributed by atoms with E-state index in [2.05, 4.69) is 3.37 Å². The first kappa shape index (κ1) is 8.17. The average Bonchev–Trinajstić information content (AvgIpc) is 1.65. The maximum absolute atomic E-state index is 9.93. The van der Waals surface area contributed by atoms with Crippen LogP contribution in [0.5, 0.6) is 0 Å². The summed E-state index contributed by atoms with van der Waals surface area (Å²) in [7, 11) is 0.